The van der Waals surface area contributed by atoms with E-state index in [0.717, 1.165) is 6.42 Å². The zero-order valence-corrected chi connectivity index (χ0v) is 13.4. The maximum atomic E-state index is 12.4. The van der Waals surface area contributed by atoms with Crippen LogP contribution in [0.25, 0.3) is 0 Å². The number of carbonyl (C=O) groups excluding carboxylic acids is 1. The molecule has 0 radical (unpaired) electrons. The van der Waals surface area contributed by atoms with Crippen molar-refractivity contribution in [1.29, 1.82) is 0 Å². The van der Waals surface area contributed by atoms with Gasteiger partial charge in [0.1, 0.15) is 6.04 Å². The molecule has 1 aliphatic rings. The van der Waals surface area contributed by atoms with Crippen LogP contribution in [-0.2, 0) is 11.2 Å². The van der Waals surface area contributed by atoms with Crippen molar-refractivity contribution in [3.8, 4) is 0 Å². The Kier molecular flexibility index (Phi) is 4.88. The van der Waals surface area contributed by atoms with E-state index in [4.69, 9.17) is 0 Å². The maximum Gasteiger partial charge on any atom is 0.326 e. The lowest BCUT2D eigenvalue weighted by molar-refractivity contribution is -0.140. The van der Waals surface area contributed by atoms with Crippen molar-refractivity contribution >= 4 is 23.3 Å². The fourth-order valence-electron chi connectivity index (χ4n) is 2.69. The topological polar surface area (TPSA) is 69.6 Å². The summed E-state index contributed by atoms with van der Waals surface area (Å²) in [5, 5.41) is 14.0. The number of carboxylic acids is 1. The van der Waals surface area contributed by atoms with Crippen molar-refractivity contribution in [3.05, 3.63) is 21.9 Å². The predicted octanol–water partition coefficient (Wildman–Crippen LogP) is 2.88. The summed E-state index contributed by atoms with van der Waals surface area (Å²) in [4.78, 5) is 26.8. The lowest BCUT2D eigenvalue weighted by atomic mass is 9.99. The average molecular weight is 310 g/mol. The normalized spacial score (nSPS) is 20.5. The summed E-state index contributed by atoms with van der Waals surface area (Å²) in [7, 11) is 0. The van der Waals surface area contributed by atoms with Crippen LogP contribution < -0.4 is 5.32 Å². The SMILES string of the molecule is CCC(C)C(NC(=O)N1CCc2sccc2C1C)C(=O)O. The number of nitrogens with zero attached hydrogens (tertiary/aromatic N) is 1. The molecular weight excluding hydrogens is 288 g/mol. The standard InChI is InChI=1S/C15H22N2O3S/c1-4-9(2)13(14(18)19)16-15(20)17-7-5-12-11(10(17)3)6-8-21-12/h6,8-10,13H,4-5,7H2,1-3H3,(H,16,20)(H,18,19). The number of hydrogen-bond donors (Lipinski definition) is 2. The van der Waals surface area contributed by atoms with Crippen molar-refractivity contribution in [3.63, 3.8) is 0 Å². The third kappa shape index (κ3) is 3.20. The van der Waals surface area contributed by atoms with Crippen LogP contribution in [0, 0.1) is 5.92 Å². The van der Waals surface area contributed by atoms with Gasteiger partial charge in [0.2, 0.25) is 0 Å². The van der Waals surface area contributed by atoms with Crippen LogP contribution in [0.3, 0.4) is 0 Å². The summed E-state index contributed by atoms with van der Waals surface area (Å²) in [6.45, 7) is 6.39. The molecule has 0 saturated carbocycles. The van der Waals surface area contributed by atoms with Gasteiger partial charge in [-0.25, -0.2) is 9.59 Å². The van der Waals surface area contributed by atoms with E-state index < -0.39 is 12.0 Å². The van der Waals surface area contributed by atoms with E-state index in [-0.39, 0.29) is 18.0 Å². The summed E-state index contributed by atoms with van der Waals surface area (Å²) in [6.07, 6.45) is 1.55. The Balaban J connectivity index is 2.08. The minimum absolute atomic E-state index is 0.00798. The van der Waals surface area contributed by atoms with Crippen LogP contribution in [0.5, 0.6) is 0 Å². The zero-order chi connectivity index (χ0) is 15.6. The average Bonchev–Trinajstić information content (AvgIpc) is 2.93. The first-order valence-electron chi connectivity index (χ1n) is 7.31. The molecule has 0 fully saturated rings. The molecule has 0 saturated heterocycles. The smallest absolute Gasteiger partial charge is 0.326 e. The highest BCUT2D eigenvalue weighted by molar-refractivity contribution is 7.10. The summed E-state index contributed by atoms with van der Waals surface area (Å²) < 4.78 is 0. The molecule has 2 rings (SSSR count). The number of carboxylic acid groups (broad SMARTS) is 1. The van der Waals surface area contributed by atoms with Gasteiger partial charge < -0.3 is 15.3 Å². The lowest BCUT2D eigenvalue weighted by Gasteiger charge is -2.35. The maximum absolute atomic E-state index is 12.4. The molecule has 21 heavy (non-hydrogen) atoms. The van der Waals surface area contributed by atoms with Gasteiger partial charge in [-0.3, -0.25) is 0 Å². The lowest BCUT2D eigenvalue weighted by Crippen LogP contribution is -2.52. The number of thiophene rings is 1. The Morgan fingerprint density at radius 3 is 2.90 bits per heavy atom. The summed E-state index contributed by atoms with van der Waals surface area (Å²) in [5.41, 5.74) is 1.18. The van der Waals surface area contributed by atoms with E-state index in [1.165, 1.54) is 10.4 Å². The highest BCUT2D eigenvalue weighted by atomic mass is 32.1. The molecule has 3 atom stereocenters. The minimum atomic E-state index is -0.974. The van der Waals surface area contributed by atoms with E-state index in [1.54, 1.807) is 16.2 Å². The molecule has 2 amide bonds. The van der Waals surface area contributed by atoms with Crippen molar-refractivity contribution in [2.24, 2.45) is 5.92 Å². The van der Waals surface area contributed by atoms with E-state index in [2.05, 4.69) is 5.32 Å². The second kappa shape index (κ2) is 6.47. The molecule has 0 aromatic carbocycles. The van der Waals surface area contributed by atoms with E-state index >= 15 is 0 Å². The largest absolute Gasteiger partial charge is 0.480 e. The molecule has 0 spiro atoms. The number of aliphatic carboxylic acids is 1. The first-order chi connectivity index (χ1) is 9.95. The highest BCUT2D eigenvalue weighted by Crippen LogP contribution is 2.32. The summed E-state index contributed by atoms with van der Waals surface area (Å²) >= 11 is 1.72. The number of rotatable bonds is 4. The van der Waals surface area contributed by atoms with Gasteiger partial charge in [-0.2, -0.15) is 0 Å². The van der Waals surface area contributed by atoms with Crippen LogP contribution in [-0.4, -0.2) is 34.6 Å². The van der Waals surface area contributed by atoms with Crippen molar-refractivity contribution in [2.75, 3.05) is 6.54 Å². The van der Waals surface area contributed by atoms with Crippen LogP contribution >= 0.6 is 11.3 Å². The van der Waals surface area contributed by atoms with Gasteiger partial charge in [0.05, 0.1) is 6.04 Å². The third-order valence-electron chi connectivity index (χ3n) is 4.30. The monoisotopic (exact) mass is 310 g/mol. The number of urea groups is 1. The minimum Gasteiger partial charge on any atom is -0.480 e. The van der Waals surface area contributed by atoms with Gasteiger partial charge in [-0.05, 0) is 36.3 Å². The van der Waals surface area contributed by atoms with E-state index in [0.29, 0.717) is 13.0 Å². The predicted molar refractivity (Wildman–Crippen MR) is 82.6 cm³/mol. The molecule has 5 nitrogen and oxygen atoms in total. The van der Waals surface area contributed by atoms with E-state index in [9.17, 15) is 14.7 Å². The quantitative estimate of drug-likeness (QED) is 0.898. The van der Waals surface area contributed by atoms with Gasteiger partial charge in [0.25, 0.3) is 0 Å². The molecule has 0 aliphatic carbocycles. The molecule has 2 heterocycles. The Labute approximate surface area is 129 Å². The Hall–Kier alpha value is -1.56. The second-order valence-corrected chi connectivity index (χ2v) is 6.57. The van der Waals surface area contributed by atoms with Crippen LogP contribution in [0.1, 0.15) is 43.7 Å². The first-order valence-corrected chi connectivity index (χ1v) is 8.19. The highest BCUT2D eigenvalue weighted by Gasteiger charge is 2.32. The van der Waals surface area contributed by atoms with Gasteiger partial charge in [-0.15, -0.1) is 11.3 Å². The van der Waals surface area contributed by atoms with Gasteiger partial charge in [0, 0.05) is 11.4 Å². The van der Waals surface area contributed by atoms with Crippen LogP contribution in [0.2, 0.25) is 0 Å². The molecule has 6 heteroatoms. The zero-order valence-electron chi connectivity index (χ0n) is 12.6. The molecular formula is C15H22N2O3S. The molecule has 0 bridgehead atoms. The number of carbonyl (C=O) groups is 2. The third-order valence-corrected chi connectivity index (χ3v) is 5.29. The fraction of sp³-hybridized carbons (Fsp3) is 0.600. The Morgan fingerprint density at radius 1 is 1.57 bits per heavy atom. The summed E-state index contributed by atoms with van der Waals surface area (Å²) in [5.74, 6) is -1.07. The molecule has 1 aliphatic heterocycles. The molecule has 3 unspecified atom stereocenters. The Bertz CT molecular complexity index is 529. The molecule has 1 aromatic heterocycles. The number of nitrogens with one attached hydrogen (secondary N) is 1. The number of hydrogen-bond acceptors (Lipinski definition) is 3. The van der Waals surface area contributed by atoms with E-state index in [1.807, 2.05) is 32.2 Å². The van der Waals surface area contributed by atoms with Crippen molar-refractivity contribution in [1.82, 2.24) is 10.2 Å². The van der Waals surface area contributed by atoms with Crippen LogP contribution in [0.15, 0.2) is 11.4 Å². The fourth-order valence-corrected chi connectivity index (χ4v) is 3.65. The van der Waals surface area contributed by atoms with Gasteiger partial charge in [0.15, 0.2) is 0 Å². The van der Waals surface area contributed by atoms with Gasteiger partial charge >= 0.3 is 12.0 Å². The number of amides is 2. The van der Waals surface area contributed by atoms with Crippen molar-refractivity contribution in [2.45, 2.75) is 45.7 Å². The van der Waals surface area contributed by atoms with Crippen molar-refractivity contribution < 1.29 is 14.7 Å². The number of fused-ring (bicyclic) bond motifs is 1. The second-order valence-electron chi connectivity index (χ2n) is 5.57. The molecule has 2 N–H and O–H groups in total. The summed E-state index contributed by atoms with van der Waals surface area (Å²) in [6, 6.07) is 0.921. The Morgan fingerprint density at radius 2 is 2.29 bits per heavy atom. The van der Waals surface area contributed by atoms with Gasteiger partial charge in [-0.1, -0.05) is 20.3 Å². The first kappa shape index (κ1) is 15.8. The van der Waals surface area contributed by atoms with Crippen LogP contribution in [0.4, 0.5) is 4.79 Å². The molecule has 1 aromatic rings. The molecule has 116 valence electrons.